The van der Waals surface area contributed by atoms with Gasteiger partial charge in [0.25, 0.3) is 0 Å². The fourth-order valence-corrected chi connectivity index (χ4v) is 6.79. The Morgan fingerprint density at radius 3 is 2.42 bits per heavy atom. The molecular weight excluding hydrogens is 526 g/mol. The van der Waals surface area contributed by atoms with E-state index in [1.165, 1.54) is 19.8 Å². The zero-order chi connectivity index (χ0) is 28.5. The summed E-state index contributed by atoms with van der Waals surface area (Å²) in [5.74, 6) is 1.15. The number of methoxy groups -OCH3 is 1. The Morgan fingerprint density at radius 2 is 1.77 bits per heavy atom. The van der Waals surface area contributed by atoms with Gasteiger partial charge in [-0.05, 0) is 76.6 Å². The maximum absolute atomic E-state index is 12.2. The lowest BCUT2D eigenvalue weighted by Gasteiger charge is -2.37. The van der Waals surface area contributed by atoms with Crippen molar-refractivity contribution in [1.82, 2.24) is 19.9 Å². The van der Waals surface area contributed by atoms with Gasteiger partial charge in [0, 0.05) is 48.6 Å². The largest absolute Gasteiger partial charge is 0.481 e. The number of ether oxygens (including phenoxy) is 1. The average Bonchev–Trinajstić information content (AvgIpc) is 2.92. The number of piperidine rings is 2. The van der Waals surface area contributed by atoms with Gasteiger partial charge in [-0.1, -0.05) is 18.2 Å². The molecule has 216 valence electrons. The Hall–Kier alpha value is -2.82. The topological polar surface area (TPSA) is 109 Å². The van der Waals surface area contributed by atoms with Gasteiger partial charge < -0.3 is 14.7 Å². The van der Waals surface area contributed by atoms with E-state index < -0.39 is 15.4 Å². The van der Waals surface area contributed by atoms with E-state index in [-0.39, 0.29) is 5.75 Å². The molecule has 2 saturated heterocycles. The Balaban J connectivity index is 1.57. The molecule has 0 amide bonds. The van der Waals surface area contributed by atoms with E-state index in [0.717, 1.165) is 86.1 Å². The maximum atomic E-state index is 12.2. The molecule has 4 heterocycles. The minimum absolute atomic E-state index is 0.162. The lowest BCUT2D eigenvalue weighted by atomic mass is 9.83. The molecule has 2 aliphatic rings. The van der Waals surface area contributed by atoms with Gasteiger partial charge in [0.15, 0.2) is 9.84 Å². The molecule has 1 aromatic carbocycles. The monoisotopic (exact) mass is 567 g/mol. The van der Waals surface area contributed by atoms with Crippen LogP contribution >= 0.6 is 0 Å². The third kappa shape index (κ3) is 6.56. The van der Waals surface area contributed by atoms with Gasteiger partial charge in [-0.25, -0.2) is 23.4 Å². The SMILES string of the molecule is COc1ncc(-c2nc(N3CCCCC3)nc3c(CN4CCC(C(C)(C)O)CC4)cccc23)cc1CS(C)(=O)=O. The molecule has 10 heteroatoms. The third-order valence-electron chi connectivity index (χ3n) is 8.23. The molecule has 0 radical (unpaired) electrons. The highest BCUT2D eigenvalue weighted by atomic mass is 32.2. The summed E-state index contributed by atoms with van der Waals surface area (Å²) in [5.41, 5.74) is 3.40. The van der Waals surface area contributed by atoms with Crippen molar-refractivity contribution < 1.29 is 18.3 Å². The normalized spacial score (nSPS) is 17.9. The Morgan fingerprint density at radius 1 is 1.05 bits per heavy atom. The number of hydrogen-bond acceptors (Lipinski definition) is 9. The molecule has 2 fully saturated rings. The van der Waals surface area contributed by atoms with Crippen LogP contribution in [0.1, 0.15) is 57.1 Å². The van der Waals surface area contributed by atoms with Crippen molar-refractivity contribution in [3.8, 4) is 17.1 Å². The van der Waals surface area contributed by atoms with Crippen LogP contribution in [0.25, 0.3) is 22.2 Å². The van der Waals surface area contributed by atoms with E-state index in [1.54, 1.807) is 6.20 Å². The average molecular weight is 568 g/mol. The summed E-state index contributed by atoms with van der Waals surface area (Å²) in [4.78, 5) is 19.3. The van der Waals surface area contributed by atoms with Crippen LogP contribution in [-0.4, -0.2) is 78.5 Å². The molecule has 9 nitrogen and oxygen atoms in total. The highest BCUT2D eigenvalue weighted by Crippen LogP contribution is 2.34. The predicted molar refractivity (Wildman–Crippen MR) is 158 cm³/mol. The molecule has 3 aromatic rings. The second-order valence-corrected chi connectivity index (χ2v) is 14.0. The predicted octanol–water partition coefficient (Wildman–Crippen LogP) is 4.22. The number of benzene rings is 1. The van der Waals surface area contributed by atoms with Crippen molar-refractivity contribution in [2.75, 3.05) is 44.4 Å². The van der Waals surface area contributed by atoms with Crippen molar-refractivity contribution in [2.24, 2.45) is 5.92 Å². The van der Waals surface area contributed by atoms with Gasteiger partial charge in [0.2, 0.25) is 11.8 Å². The first-order valence-corrected chi connectivity index (χ1v) is 16.3. The number of aromatic nitrogens is 3. The summed E-state index contributed by atoms with van der Waals surface area (Å²) in [6, 6.07) is 8.06. The smallest absolute Gasteiger partial charge is 0.226 e. The molecule has 2 aliphatic heterocycles. The summed E-state index contributed by atoms with van der Waals surface area (Å²) < 4.78 is 29.7. The van der Waals surface area contributed by atoms with Gasteiger partial charge in [0.05, 0.1) is 29.7 Å². The van der Waals surface area contributed by atoms with Crippen molar-refractivity contribution in [3.05, 3.63) is 41.6 Å². The van der Waals surface area contributed by atoms with Crippen LogP contribution < -0.4 is 9.64 Å². The molecule has 0 aliphatic carbocycles. The van der Waals surface area contributed by atoms with Crippen molar-refractivity contribution in [2.45, 2.75) is 63.9 Å². The highest BCUT2D eigenvalue weighted by molar-refractivity contribution is 7.89. The van der Waals surface area contributed by atoms with Crippen LogP contribution in [0.15, 0.2) is 30.5 Å². The van der Waals surface area contributed by atoms with Crippen LogP contribution in [0.2, 0.25) is 0 Å². The summed E-state index contributed by atoms with van der Waals surface area (Å²) in [7, 11) is -1.80. The molecule has 2 aromatic heterocycles. The maximum Gasteiger partial charge on any atom is 0.226 e. The number of hydrogen-bond donors (Lipinski definition) is 1. The van der Waals surface area contributed by atoms with Crippen LogP contribution in [0, 0.1) is 5.92 Å². The number of sulfone groups is 1. The van der Waals surface area contributed by atoms with Crippen molar-refractivity contribution in [3.63, 3.8) is 0 Å². The van der Waals surface area contributed by atoms with Crippen molar-refractivity contribution in [1.29, 1.82) is 0 Å². The number of nitrogens with zero attached hydrogens (tertiary/aromatic N) is 5. The lowest BCUT2D eigenvalue weighted by molar-refractivity contribution is -0.0135. The minimum Gasteiger partial charge on any atom is -0.481 e. The number of anilines is 1. The number of para-hydroxylation sites is 1. The van der Waals surface area contributed by atoms with Crippen molar-refractivity contribution >= 4 is 26.7 Å². The molecule has 5 rings (SSSR count). The van der Waals surface area contributed by atoms with Gasteiger partial charge in [-0.15, -0.1) is 0 Å². The van der Waals surface area contributed by atoms with E-state index in [2.05, 4.69) is 20.9 Å². The zero-order valence-corrected chi connectivity index (χ0v) is 24.9. The first-order valence-electron chi connectivity index (χ1n) is 14.2. The molecular formula is C30H41N5O4S. The number of pyridine rings is 1. The fraction of sp³-hybridized carbons (Fsp3) is 0.567. The standard InChI is InChI=1S/C30H41N5O4S/c1-30(2,36)24-11-15-34(16-12-24)19-21-9-8-10-25-26(21)32-29(35-13-6-5-7-14-35)33-27(25)22-17-23(20-40(4,37)38)28(39-3)31-18-22/h8-10,17-18,24,36H,5-7,11-16,19-20H2,1-4H3. The molecule has 1 N–H and O–H groups in total. The Kier molecular flexibility index (Phi) is 8.31. The van der Waals surface area contributed by atoms with Gasteiger partial charge in [-0.3, -0.25) is 4.90 Å². The van der Waals surface area contributed by atoms with E-state index >= 15 is 0 Å². The molecule has 0 atom stereocenters. The number of fused-ring (bicyclic) bond motifs is 1. The van der Waals surface area contributed by atoms with Crippen LogP contribution in [0.5, 0.6) is 5.88 Å². The molecule has 40 heavy (non-hydrogen) atoms. The van der Waals surface area contributed by atoms with E-state index in [9.17, 15) is 13.5 Å². The van der Waals surface area contributed by atoms with Gasteiger partial charge >= 0.3 is 0 Å². The summed E-state index contributed by atoms with van der Waals surface area (Å²) in [6.07, 6.45) is 8.28. The molecule has 0 saturated carbocycles. The molecule has 0 bridgehead atoms. The Labute approximate surface area is 237 Å². The number of rotatable bonds is 8. The summed E-state index contributed by atoms with van der Waals surface area (Å²) >= 11 is 0. The second kappa shape index (κ2) is 11.6. The van der Waals surface area contributed by atoms with E-state index in [1.807, 2.05) is 32.0 Å². The molecule has 0 spiro atoms. The summed E-state index contributed by atoms with van der Waals surface area (Å²) in [5, 5.41) is 11.4. The fourth-order valence-electron chi connectivity index (χ4n) is 6.02. The Bertz CT molecular complexity index is 1460. The number of aliphatic hydroxyl groups is 1. The van der Waals surface area contributed by atoms with E-state index in [0.29, 0.717) is 23.3 Å². The lowest BCUT2D eigenvalue weighted by Crippen LogP contribution is -2.41. The summed E-state index contributed by atoms with van der Waals surface area (Å²) in [6.45, 7) is 8.28. The van der Waals surface area contributed by atoms with E-state index in [4.69, 9.17) is 14.7 Å². The zero-order valence-electron chi connectivity index (χ0n) is 24.1. The van der Waals surface area contributed by atoms with Gasteiger partial charge in [0.1, 0.15) is 0 Å². The minimum atomic E-state index is -3.30. The quantitative estimate of drug-likeness (QED) is 0.428. The molecule has 0 unspecified atom stereocenters. The highest BCUT2D eigenvalue weighted by Gasteiger charge is 2.31. The second-order valence-electron chi connectivity index (χ2n) is 11.9. The van der Waals surface area contributed by atoms with Crippen LogP contribution in [-0.2, 0) is 22.1 Å². The number of likely N-dealkylation sites (tertiary alicyclic amines) is 1. The first-order chi connectivity index (χ1) is 19.0. The first kappa shape index (κ1) is 28.7. The third-order valence-corrected chi connectivity index (χ3v) is 9.06. The van der Waals surface area contributed by atoms with Crippen LogP contribution in [0.3, 0.4) is 0 Å². The van der Waals surface area contributed by atoms with Crippen LogP contribution in [0.4, 0.5) is 5.95 Å². The van der Waals surface area contributed by atoms with Gasteiger partial charge in [-0.2, -0.15) is 0 Å².